The highest BCUT2D eigenvalue weighted by Gasteiger charge is 2.16. The highest BCUT2D eigenvalue weighted by Crippen LogP contribution is 2.31. The SMILES string of the molecule is O=c1[nH]c(=S)[nH]c2c1c(-c1ccccc1)cn2-c1ccc(Cl)c(Cl)c1. The van der Waals surface area contributed by atoms with Crippen molar-refractivity contribution in [2.45, 2.75) is 0 Å². The van der Waals surface area contributed by atoms with Gasteiger partial charge < -0.3 is 9.55 Å². The quantitative estimate of drug-likeness (QED) is 0.455. The number of fused-ring (bicyclic) bond motifs is 1. The number of benzene rings is 2. The van der Waals surface area contributed by atoms with Crippen LogP contribution < -0.4 is 5.56 Å². The molecule has 25 heavy (non-hydrogen) atoms. The molecule has 0 bridgehead atoms. The fourth-order valence-electron chi connectivity index (χ4n) is 2.84. The molecule has 0 spiro atoms. The van der Waals surface area contributed by atoms with E-state index in [1.807, 2.05) is 47.2 Å². The highest BCUT2D eigenvalue weighted by molar-refractivity contribution is 7.71. The summed E-state index contributed by atoms with van der Waals surface area (Å²) in [5, 5.41) is 1.44. The molecule has 0 aliphatic rings. The molecule has 2 N–H and O–H groups in total. The van der Waals surface area contributed by atoms with Crippen LogP contribution in [-0.2, 0) is 0 Å². The fourth-order valence-corrected chi connectivity index (χ4v) is 3.32. The van der Waals surface area contributed by atoms with Gasteiger partial charge in [-0.25, -0.2) is 0 Å². The third-order valence-electron chi connectivity index (χ3n) is 3.96. The topological polar surface area (TPSA) is 53.6 Å². The first kappa shape index (κ1) is 16.1. The third-order valence-corrected chi connectivity index (χ3v) is 4.90. The lowest BCUT2D eigenvalue weighted by atomic mass is 10.1. The summed E-state index contributed by atoms with van der Waals surface area (Å²) in [6.45, 7) is 0. The molecule has 0 saturated heterocycles. The fraction of sp³-hybridized carbons (Fsp3) is 0. The van der Waals surface area contributed by atoms with Crippen LogP contribution in [-0.4, -0.2) is 14.5 Å². The van der Waals surface area contributed by atoms with Crippen LogP contribution in [0.4, 0.5) is 0 Å². The summed E-state index contributed by atoms with van der Waals surface area (Å²) >= 11 is 17.3. The molecule has 124 valence electrons. The summed E-state index contributed by atoms with van der Waals surface area (Å²) in [6.07, 6.45) is 1.89. The highest BCUT2D eigenvalue weighted by atomic mass is 35.5. The number of rotatable bonds is 2. The van der Waals surface area contributed by atoms with Crippen LogP contribution in [0.3, 0.4) is 0 Å². The third kappa shape index (κ3) is 2.80. The number of H-pyrrole nitrogens is 2. The Morgan fingerprint density at radius 1 is 0.960 bits per heavy atom. The molecule has 0 radical (unpaired) electrons. The van der Waals surface area contributed by atoms with Crippen LogP contribution >= 0.6 is 35.4 Å². The van der Waals surface area contributed by atoms with E-state index in [0.717, 1.165) is 16.8 Å². The first-order chi connectivity index (χ1) is 12.0. The minimum atomic E-state index is -0.239. The summed E-state index contributed by atoms with van der Waals surface area (Å²) in [4.78, 5) is 18.3. The van der Waals surface area contributed by atoms with Crippen molar-refractivity contribution in [1.29, 1.82) is 0 Å². The van der Waals surface area contributed by atoms with Crippen LogP contribution in [0.2, 0.25) is 10.0 Å². The van der Waals surface area contributed by atoms with Crippen molar-refractivity contribution < 1.29 is 0 Å². The van der Waals surface area contributed by atoms with E-state index in [9.17, 15) is 4.79 Å². The van der Waals surface area contributed by atoms with E-state index in [-0.39, 0.29) is 10.3 Å². The Morgan fingerprint density at radius 2 is 1.72 bits per heavy atom. The molecule has 4 aromatic rings. The average Bonchev–Trinajstić information content (AvgIpc) is 2.98. The van der Waals surface area contributed by atoms with Crippen molar-refractivity contribution in [3.8, 4) is 16.8 Å². The molecule has 4 nitrogen and oxygen atoms in total. The van der Waals surface area contributed by atoms with Crippen LogP contribution in [0.1, 0.15) is 0 Å². The number of nitrogens with one attached hydrogen (secondary N) is 2. The van der Waals surface area contributed by atoms with Gasteiger partial charge in [0.05, 0.1) is 15.4 Å². The van der Waals surface area contributed by atoms with Gasteiger partial charge in [0.15, 0.2) is 4.77 Å². The molecule has 0 fully saturated rings. The average molecular weight is 388 g/mol. The molecule has 2 heterocycles. The maximum atomic E-state index is 12.6. The van der Waals surface area contributed by atoms with Crippen molar-refractivity contribution in [3.63, 3.8) is 0 Å². The summed E-state index contributed by atoms with van der Waals surface area (Å²) < 4.78 is 2.11. The molecule has 0 unspecified atom stereocenters. The van der Waals surface area contributed by atoms with Crippen molar-refractivity contribution in [3.05, 3.63) is 79.9 Å². The Balaban J connectivity index is 2.10. The Morgan fingerprint density at radius 3 is 2.44 bits per heavy atom. The van der Waals surface area contributed by atoms with Crippen molar-refractivity contribution >= 4 is 46.5 Å². The Hall–Kier alpha value is -2.34. The molecule has 7 heteroatoms. The number of halogens is 2. The first-order valence-electron chi connectivity index (χ1n) is 7.43. The van der Waals surface area contributed by atoms with Crippen molar-refractivity contribution in [1.82, 2.24) is 14.5 Å². The molecule has 0 aliphatic carbocycles. The van der Waals surface area contributed by atoms with Crippen LogP contribution in [0.25, 0.3) is 27.8 Å². The standard InChI is InChI=1S/C18H11Cl2N3OS/c19-13-7-6-11(8-14(13)20)23-9-12(10-4-2-1-3-5-10)15-16(23)21-18(25)22-17(15)24/h1-9H,(H2,21,22,24,25). The van der Waals surface area contributed by atoms with Gasteiger partial charge in [0.25, 0.3) is 5.56 Å². The van der Waals surface area contributed by atoms with Crippen LogP contribution in [0.5, 0.6) is 0 Å². The van der Waals surface area contributed by atoms with Gasteiger partial charge in [0.2, 0.25) is 0 Å². The summed E-state index contributed by atoms with van der Waals surface area (Å²) in [5.41, 5.74) is 2.87. The zero-order valence-corrected chi connectivity index (χ0v) is 15.0. The van der Waals surface area contributed by atoms with Crippen LogP contribution in [0, 0.1) is 4.77 Å². The molecular formula is C18H11Cl2N3OS. The summed E-state index contributed by atoms with van der Waals surface area (Å²) in [6, 6.07) is 15.0. The van der Waals surface area contributed by atoms with Crippen LogP contribution in [0.15, 0.2) is 59.5 Å². The Bertz CT molecular complexity index is 1210. The zero-order valence-electron chi connectivity index (χ0n) is 12.7. The molecule has 2 aromatic heterocycles. The lowest BCUT2D eigenvalue weighted by Crippen LogP contribution is -2.08. The lowest BCUT2D eigenvalue weighted by molar-refractivity contribution is 1.05. The minimum Gasteiger partial charge on any atom is -0.318 e. The van der Waals surface area contributed by atoms with E-state index < -0.39 is 0 Å². The number of hydrogen-bond donors (Lipinski definition) is 2. The monoisotopic (exact) mass is 387 g/mol. The van der Waals surface area contributed by atoms with Crippen molar-refractivity contribution in [2.24, 2.45) is 0 Å². The summed E-state index contributed by atoms with van der Waals surface area (Å²) in [7, 11) is 0. The Kier molecular flexibility index (Phi) is 4.00. The molecule has 0 aliphatic heterocycles. The predicted octanol–water partition coefficient (Wildman–Crippen LogP) is 5.35. The number of aromatic nitrogens is 3. The van der Waals surface area contributed by atoms with Gasteiger partial charge in [-0.15, -0.1) is 0 Å². The maximum Gasteiger partial charge on any atom is 0.261 e. The number of hydrogen-bond acceptors (Lipinski definition) is 2. The second-order valence-corrected chi connectivity index (χ2v) is 6.73. The van der Waals surface area contributed by atoms with E-state index >= 15 is 0 Å². The normalized spacial score (nSPS) is 11.1. The zero-order chi connectivity index (χ0) is 17.6. The first-order valence-corrected chi connectivity index (χ1v) is 8.59. The molecule has 0 atom stereocenters. The molecule has 0 saturated carbocycles. The number of nitrogens with zero attached hydrogens (tertiary/aromatic N) is 1. The Labute approximate surface area is 157 Å². The van der Waals surface area contributed by atoms with Gasteiger partial charge in [-0.3, -0.25) is 9.78 Å². The second kappa shape index (κ2) is 6.19. The predicted molar refractivity (Wildman–Crippen MR) is 105 cm³/mol. The molecule has 2 aromatic carbocycles. The molecule has 0 amide bonds. The summed E-state index contributed by atoms with van der Waals surface area (Å²) in [5.74, 6) is 0. The molecule has 4 rings (SSSR count). The van der Waals surface area contributed by atoms with E-state index in [1.54, 1.807) is 12.1 Å². The van der Waals surface area contributed by atoms with E-state index in [0.29, 0.717) is 21.1 Å². The maximum absolute atomic E-state index is 12.6. The smallest absolute Gasteiger partial charge is 0.261 e. The lowest BCUT2D eigenvalue weighted by Gasteiger charge is -2.06. The van der Waals surface area contributed by atoms with E-state index in [1.165, 1.54) is 0 Å². The van der Waals surface area contributed by atoms with Gasteiger partial charge >= 0.3 is 0 Å². The van der Waals surface area contributed by atoms with E-state index in [4.69, 9.17) is 35.4 Å². The van der Waals surface area contributed by atoms with E-state index in [2.05, 4.69) is 9.97 Å². The largest absolute Gasteiger partial charge is 0.318 e. The van der Waals surface area contributed by atoms with Gasteiger partial charge in [-0.05, 0) is 36.0 Å². The van der Waals surface area contributed by atoms with Gasteiger partial charge in [0, 0.05) is 17.4 Å². The number of aromatic amines is 2. The van der Waals surface area contributed by atoms with Gasteiger partial charge in [0.1, 0.15) is 5.65 Å². The van der Waals surface area contributed by atoms with Gasteiger partial charge in [-0.1, -0.05) is 53.5 Å². The van der Waals surface area contributed by atoms with Gasteiger partial charge in [-0.2, -0.15) is 0 Å². The second-order valence-electron chi connectivity index (χ2n) is 5.51. The van der Waals surface area contributed by atoms with Crippen molar-refractivity contribution in [2.75, 3.05) is 0 Å². The molecular weight excluding hydrogens is 377 g/mol. The minimum absolute atomic E-state index is 0.239.